The maximum Gasteiger partial charge on any atom is 0.390 e. The van der Waals surface area contributed by atoms with Gasteiger partial charge in [0, 0.05) is 39.4 Å². The van der Waals surface area contributed by atoms with Gasteiger partial charge in [-0.1, -0.05) is 18.2 Å². The maximum absolute atomic E-state index is 12.1. The molecule has 1 aromatic rings. The summed E-state index contributed by atoms with van der Waals surface area (Å²) in [4.78, 5) is 6.08. The molecule has 0 saturated heterocycles. The van der Waals surface area contributed by atoms with Gasteiger partial charge in [-0.15, -0.1) is 0 Å². The summed E-state index contributed by atoms with van der Waals surface area (Å²) in [5, 5.41) is 5.68. The number of hydrogen-bond donors (Lipinski definition) is 2. The summed E-state index contributed by atoms with van der Waals surface area (Å²) in [6, 6.07) is 10.1. The summed E-state index contributed by atoms with van der Waals surface area (Å²) in [6.45, 7) is 1.43. The fraction of sp³-hybridized carbons (Fsp3) is 0.562. The Hall–Kier alpha value is -1.92. The van der Waals surface area contributed by atoms with Crippen LogP contribution in [0, 0.1) is 0 Å². The fourth-order valence-corrected chi connectivity index (χ4v) is 2.04. The van der Waals surface area contributed by atoms with Crippen molar-refractivity contribution in [3.05, 3.63) is 30.3 Å². The molecule has 0 aliphatic rings. The number of aliphatic imine (C=N–C) groups is 1. The van der Waals surface area contributed by atoms with Gasteiger partial charge in [-0.2, -0.15) is 13.2 Å². The molecule has 1 aromatic carbocycles. The molecule has 0 heterocycles. The molecule has 4 nitrogen and oxygen atoms in total. The first kappa shape index (κ1) is 19.1. The molecule has 0 aliphatic carbocycles. The van der Waals surface area contributed by atoms with Crippen LogP contribution in [0.4, 0.5) is 18.9 Å². The van der Waals surface area contributed by atoms with E-state index in [4.69, 9.17) is 0 Å². The van der Waals surface area contributed by atoms with Gasteiger partial charge in [0.2, 0.25) is 0 Å². The highest BCUT2D eigenvalue weighted by Crippen LogP contribution is 2.18. The molecule has 0 fully saturated rings. The summed E-state index contributed by atoms with van der Waals surface area (Å²) < 4.78 is 36.2. The third-order valence-electron chi connectivity index (χ3n) is 3.33. The lowest BCUT2D eigenvalue weighted by Crippen LogP contribution is -2.39. The molecule has 0 aliphatic heterocycles. The molecule has 0 unspecified atom stereocenters. The van der Waals surface area contributed by atoms with Crippen LogP contribution in [0.15, 0.2) is 35.3 Å². The Morgan fingerprint density at radius 1 is 1.09 bits per heavy atom. The molecule has 0 bridgehead atoms. The van der Waals surface area contributed by atoms with Gasteiger partial charge in [0.25, 0.3) is 0 Å². The van der Waals surface area contributed by atoms with Crippen molar-refractivity contribution in [2.45, 2.75) is 25.4 Å². The number of nitrogens with zero attached hydrogens (tertiary/aromatic N) is 2. The van der Waals surface area contributed by atoms with Gasteiger partial charge in [0.05, 0.1) is 6.42 Å². The lowest BCUT2D eigenvalue weighted by atomic mass is 10.2. The van der Waals surface area contributed by atoms with Crippen molar-refractivity contribution in [2.75, 3.05) is 38.6 Å². The molecule has 130 valence electrons. The molecular formula is C16H25F3N4. The molecule has 23 heavy (non-hydrogen) atoms. The van der Waals surface area contributed by atoms with E-state index in [1.54, 1.807) is 7.05 Å². The first-order valence-electron chi connectivity index (χ1n) is 7.70. The molecule has 1 rings (SSSR count). The van der Waals surface area contributed by atoms with Crippen molar-refractivity contribution in [3.63, 3.8) is 0 Å². The Balaban J connectivity index is 2.13. The Morgan fingerprint density at radius 2 is 1.74 bits per heavy atom. The number of para-hydroxylation sites is 1. The van der Waals surface area contributed by atoms with Crippen molar-refractivity contribution in [1.82, 2.24) is 10.6 Å². The van der Waals surface area contributed by atoms with E-state index >= 15 is 0 Å². The SMILES string of the molecule is CN=C(NCCCCN(C)c1ccccc1)NCCC(F)(F)F. The van der Waals surface area contributed by atoms with Crippen LogP contribution >= 0.6 is 0 Å². The molecule has 2 N–H and O–H groups in total. The number of halogens is 3. The predicted octanol–water partition coefficient (Wildman–Crippen LogP) is 3.02. The van der Waals surface area contributed by atoms with E-state index in [2.05, 4.69) is 32.7 Å². The number of unbranched alkanes of at least 4 members (excludes halogenated alkanes) is 1. The smallest absolute Gasteiger partial charge is 0.375 e. The summed E-state index contributed by atoms with van der Waals surface area (Å²) in [6.07, 6.45) is -3.11. The standard InChI is InChI=1S/C16H25F3N4/c1-20-15(22-12-10-16(17,18)19)21-11-6-7-13-23(2)14-8-4-3-5-9-14/h3-5,8-9H,6-7,10-13H2,1-2H3,(H2,20,21,22). The van der Waals surface area contributed by atoms with Crippen molar-refractivity contribution >= 4 is 11.6 Å². The minimum absolute atomic E-state index is 0.167. The minimum Gasteiger partial charge on any atom is -0.375 e. The third-order valence-corrected chi connectivity index (χ3v) is 3.33. The zero-order chi connectivity index (χ0) is 17.1. The van der Waals surface area contributed by atoms with Crippen LogP contribution in [-0.2, 0) is 0 Å². The Labute approximate surface area is 135 Å². The molecule has 0 aromatic heterocycles. The number of nitrogens with one attached hydrogen (secondary N) is 2. The highest BCUT2D eigenvalue weighted by atomic mass is 19.4. The highest BCUT2D eigenvalue weighted by molar-refractivity contribution is 5.79. The average Bonchev–Trinajstić information content (AvgIpc) is 2.52. The zero-order valence-electron chi connectivity index (χ0n) is 13.7. The molecule has 0 amide bonds. The summed E-state index contributed by atoms with van der Waals surface area (Å²) in [5.41, 5.74) is 1.17. The number of benzene rings is 1. The minimum atomic E-state index is -4.14. The quantitative estimate of drug-likeness (QED) is 0.437. The van der Waals surface area contributed by atoms with E-state index in [1.165, 1.54) is 5.69 Å². The molecule has 0 atom stereocenters. The molecule has 0 spiro atoms. The van der Waals surface area contributed by atoms with Gasteiger partial charge in [0.1, 0.15) is 0 Å². The number of anilines is 1. The van der Waals surface area contributed by atoms with Crippen LogP contribution in [0.2, 0.25) is 0 Å². The van der Waals surface area contributed by atoms with Gasteiger partial charge < -0.3 is 15.5 Å². The van der Waals surface area contributed by atoms with Crippen molar-refractivity contribution in [3.8, 4) is 0 Å². The van der Waals surface area contributed by atoms with Crippen molar-refractivity contribution < 1.29 is 13.2 Å². The topological polar surface area (TPSA) is 39.7 Å². The van der Waals surface area contributed by atoms with Crippen LogP contribution in [0.25, 0.3) is 0 Å². The first-order chi connectivity index (χ1) is 10.9. The van der Waals surface area contributed by atoms with Gasteiger partial charge in [-0.25, -0.2) is 0 Å². The normalized spacial score (nSPS) is 12.1. The Kier molecular flexibility index (Phi) is 8.29. The number of alkyl halides is 3. The Bertz CT molecular complexity index is 460. The predicted molar refractivity (Wildman–Crippen MR) is 89.0 cm³/mol. The van der Waals surface area contributed by atoms with Crippen molar-refractivity contribution in [2.24, 2.45) is 4.99 Å². The zero-order valence-corrected chi connectivity index (χ0v) is 13.7. The van der Waals surface area contributed by atoms with E-state index in [0.29, 0.717) is 12.5 Å². The maximum atomic E-state index is 12.1. The van der Waals surface area contributed by atoms with Crippen LogP contribution in [0.3, 0.4) is 0 Å². The highest BCUT2D eigenvalue weighted by Gasteiger charge is 2.26. The van der Waals surface area contributed by atoms with Crippen molar-refractivity contribution in [1.29, 1.82) is 0 Å². The van der Waals surface area contributed by atoms with Crippen LogP contribution in [0.1, 0.15) is 19.3 Å². The first-order valence-corrected chi connectivity index (χ1v) is 7.70. The molecule has 0 radical (unpaired) electrons. The number of guanidine groups is 1. The fourth-order valence-electron chi connectivity index (χ4n) is 2.04. The molecular weight excluding hydrogens is 305 g/mol. The lowest BCUT2D eigenvalue weighted by molar-refractivity contribution is -0.132. The molecule has 7 heteroatoms. The van der Waals surface area contributed by atoms with E-state index in [0.717, 1.165) is 19.4 Å². The van der Waals surface area contributed by atoms with Crippen LogP contribution < -0.4 is 15.5 Å². The summed E-state index contributed by atoms with van der Waals surface area (Å²) >= 11 is 0. The average molecular weight is 330 g/mol. The van der Waals surface area contributed by atoms with Gasteiger partial charge in [-0.3, -0.25) is 4.99 Å². The summed E-state index contributed by atoms with van der Waals surface area (Å²) in [5.74, 6) is 0.408. The Morgan fingerprint density at radius 3 is 2.35 bits per heavy atom. The number of rotatable bonds is 8. The monoisotopic (exact) mass is 330 g/mol. The van der Waals surface area contributed by atoms with Gasteiger partial charge in [-0.05, 0) is 25.0 Å². The van der Waals surface area contributed by atoms with E-state index in [-0.39, 0.29) is 6.54 Å². The molecule has 0 saturated carbocycles. The second-order valence-electron chi connectivity index (χ2n) is 5.26. The third kappa shape index (κ3) is 8.95. The van der Waals surface area contributed by atoms with Gasteiger partial charge >= 0.3 is 6.18 Å². The number of hydrogen-bond acceptors (Lipinski definition) is 2. The second-order valence-corrected chi connectivity index (χ2v) is 5.26. The van der Waals surface area contributed by atoms with E-state index in [9.17, 15) is 13.2 Å². The van der Waals surface area contributed by atoms with E-state index in [1.807, 2.05) is 25.2 Å². The van der Waals surface area contributed by atoms with Crippen LogP contribution in [0.5, 0.6) is 0 Å². The largest absolute Gasteiger partial charge is 0.390 e. The summed E-state index contributed by atoms with van der Waals surface area (Å²) in [7, 11) is 3.59. The lowest BCUT2D eigenvalue weighted by Gasteiger charge is -2.19. The van der Waals surface area contributed by atoms with Crippen LogP contribution in [-0.4, -0.2) is 45.9 Å². The van der Waals surface area contributed by atoms with E-state index < -0.39 is 12.6 Å². The second kappa shape index (κ2) is 9.97. The van der Waals surface area contributed by atoms with Gasteiger partial charge in [0.15, 0.2) is 5.96 Å².